The number of nitrogens with one attached hydrogen (secondary N) is 1. The maximum absolute atomic E-state index is 12.7. The molecule has 6 nitrogen and oxygen atoms in total. The quantitative estimate of drug-likeness (QED) is 0.923. The van der Waals surface area contributed by atoms with Gasteiger partial charge < -0.3 is 14.8 Å². The number of fused-ring (bicyclic) bond motifs is 1. The highest BCUT2D eigenvalue weighted by atomic mass is 16.2. The van der Waals surface area contributed by atoms with Crippen molar-refractivity contribution in [3.05, 3.63) is 17.2 Å². The number of nitrogens with zero attached hydrogens (tertiary/aromatic N) is 3. The fraction of sp³-hybridized carbons (Fsp3) is 0.706. The van der Waals surface area contributed by atoms with Crippen molar-refractivity contribution >= 4 is 11.8 Å². The summed E-state index contributed by atoms with van der Waals surface area (Å²) in [5, 5.41) is 2.98. The Hall–Kier alpha value is -1.85. The standard InChI is InChI=1S/C17H26N4O2/c1-3-12(2)18-16(22)14-13-8-4-5-11-21(13)15(19-14)17(23)20-9-6-7-10-20/h12H,3-11H2,1-2H3,(H,18,22). The molecule has 2 amide bonds. The molecule has 0 aromatic carbocycles. The van der Waals surface area contributed by atoms with Gasteiger partial charge in [0.25, 0.3) is 11.8 Å². The molecule has 1 atom stereocenters. The molecule has 1 aromatic heterocycles. The van der Waals surface area contributed by atoms with Crippen molar-refractivity contribution in [2.75, 3.05) is 13.1 Å². The van der Waals surface area contributed by atoms with Crippen LogP contribution in [0.4, 0.5) is 0 Å². The summed E-state index contributed by atoms with van der Waals surface area (Å²) < 4.78 is 1.98. The molecule has 1 aromatic rings. The van der Waals surface area contributed by atoms with Crippen molar-refractivity contribution in [2.24, 2.45) is 0 Å². The Morgan fingerprint density at radius 2 is 1.87 bits per heavy atom. The zero-order valence-electron chi connectivity index (χ0n) is 14.1. The lowest BCUT2D eigenvalue weighted by Crippen LogP contribution is -2.33. The highest BCUT2D eigenvalue weighted by molar-refractivity contribution is 5.97. The van der Waals surface area contributed by atoms with Crippen LogP contribution >= 0.6 is 0 Å². The molecule has 3 rings (SSSR count). The average molecular weight is 318 g/mol. The number of aromatic nitrogens is 2. The van der Waals surface area contributed by atoms with E-state index in [4.69, 9.17) is 0 Å². The third kappa shape index (κ3) is 3.12. The molecule has 1 unspecified atom stereocenters. The SMILES string of the molecule is CCC(C)NC(=O)c1nc(C(=O)N2CCCC2)n2c1CCCC2. The van der Waals surface area contributed by atoms with Gasteiger partial charge in [-0.3, -0.25) is 9.59 Å². The van der Waals surface area contributed by atoms with E-state index < -0.39 is 0 Å². The van der Waals surface area contributed by atoms with Crippen LogP contribution in [0.25, 0.3) is 0 Å². The number of hydrogen-bond donors (Lipinski definition) is 1. The van der Waals surface area contributed by atoms with E-state index in [1.54, 1.807) is 0 Å². The second kappa shape index (κ2) is 6.72. The minimum absolute atomic E-state index is 0.0201. The van der Waals surface area contributed by atoms with Crippen LogP contribution in [0.5, 0.6) is 0 Å². The lowest BCUT2D eigenvalue weighted by molar-refractivity contribution is 0.0774. The maximum atomic E-state index is 12.7. The van der Waals surface area contributed by atoms with Crippen LogP contribution in [0.2, 0.25) is 0 Å². The van der Waals surface area contributed by atoms with Gasteiger partial charge in [-0.15, -0.1) is 0 Å². The van der Waals surface area contributed by atoms with Crippen molar-refractivity contribution < 1.29 is 9.59 Å². The van der Waals surface area contributed by atoms with E-state index in [1.807, 2.05) is 23.3 Å². The molecule has 2 aliphatic heterocycles. The molecule has 1 fully saturated rings. The minimum atomic E-state index is -0.148. The molecule has 0 spiro atoms. The van der Waals surface area contributed by atoms with Gasteiger partial charge in [-0.2, -0.15) is 0 Å². The normalized spacial score (nSPS) is 18.6. The second-order valence-corrected chi connectivity index (χ2v) is 6.62. The first-order valence-electron chi connectivity index (χ1n) is 8.81. The lowest BCUT2D eigenvalue weighted by Gasteiger charge is -2.19. The summed E-state index contributed by atoms with van der Waals surface area (Å²) in [5.41, 5.74) is 1.38. The Morgan fingerprint density at radius 1 is 1.17 bits per heavy atom. The van der Waals surface area contributed by atoms with E-state index in [2.05, 4.69) is 10.3 Å². The highest BCUT2D eigenvalue weighted by Gasteiger charge is 2.30. The van der Waals surface area contributed by atoms with Crippen molar-refractivity contribution in [1.29, 1.82) is 0 Å². The zero-order chi connectivity index (χ0) is 16.4. The number of carbonyl (C=O) groups is 2. The number of hydrogen-bond acceptors (Lipinski definition) is 3. The van der Waals surface area contributed by atoms with E-state index in [9.17, 15) is 9.59 Å². The van der Waals surface area contributed by atoms with Gasteiger partial charge in [-0.25, -0.2) is 4.98 Å². The van der Waals surface area contributed by atoms with Crippen LogP contribution in [0.1, 0.15) is 72.8 Å². The smallest absolute Gasteiger partial charge is 0.289 e. The first kappa shape index (κ1) is 16.0. The van der Waals surface area contributed by atoms with Crippen molar-refractivity contribution in [3.8, 4) is 0 Å². The number of carbonyl (C=O) groups excluding carboxylic acids is 2. The number of imidazole rings is 1. The summed E-state index contributed by atoms with van der Waals surface area (Å²) in [4.78, 5) is 31.6. The Morgan fingerprint density at radius 3 is 2.57 bits per heavy atom. The maximum Gasteiger partial charge on any atom is 0.289 e. The molecule has 0 bridgehead atoms. The molecule has 0 saturated carbocycles. The van der Waals surface area contributed by atoms with Gasteiger partial charge in [0, 0.05) is 25.7 Å². The fourth-order valence-electron chi connectivity index (χ4n) is 3.34. The van der Waals surface area contributed by atoms with Crippen LogP contribution in [0, 0.1) is 0 Å². The highest BCUT2D eigenvalue weighted by Crippen LogP contribution is 2.23. The molecule has 0 radical (unpaired) electrons. The molecule has 126 valence electrons. The summed E-state index contributed by atoms with van der Waals surface area (Å²) in [6.07, 6.45) is 5.90. The van der Waals surface area contributed by atoms with E-state index in [0.717, 1.165) is 63.9 Å². The molecule has 1 saturated heterocycles. The van der Waals surface area contributed by atoms with E-state index in [1.165, 1.54) is 0 Å². The van der Waals surface area contributed by atoms with Gasteiger partial charge in [0.2, 0.25) is 0 Å². The third-order valence-electron chi connectivity index (χ3n) is 4.91. The predicted octanol–water partition coefficient (Wildman–Crippen LogP) is 1.98. The molecule has 23 heavy (non-hydrogen) atoms. The van der Waals surface area contributed by atoms with E-state index in [-0.39, 0.29) is 17.9 Å². The number of likely N-dealkylation sites (tertiary alicyclic amines) is 1. The Balaban J connectivity index is 1.91. The molecule has 6 heteroatoms. The van der Waals surface area contributed by atoms with Gasteiger partial charge in [-0.05, 0) is 45.4 Å². The monoisotopic (exact) mass is 318 g/mol. The summed E-state index contributed by atoms with van der Waals surface area (Å²) in [6, 6.07) is 0.112. The summed E-state index contributed by atoms with van der Waals surface area (Å²) in [7, 11) is 0. The van der Waals surface area contributed by atoms with Crippen LogP contribution < -0.4 is 5.32 Å². The molecule has 1 N–H and O–H groups in total. The van der Waals surface area contributed by atoms with Crippen LogP contribution in [-0.4, -0.2) is 45.4 Å². The van der Waals surface area contributed by atoms with Gasteiger partial charge >= 0.3 is 0 Å². The number of amides is 2. The molecular formula is C17H26N4O2. The van der Waals surface area contributed by atoms with Crippen molar-refractivity contribution in [2.45, 2.75) is 65.0 Å². The molecular weight excluding hydrogens is 292 g/mol. The van der Waals surface area contributed by atoms with Crippen molar-refractivity contribution in [3.63, 3.8) is 0 Å². The third-order valence-corrected chi connectivity index (χ3v) is 4.91. The average Bonchev–Trinajstić information content (AvgIpc) is 3.22. The van der Waals surface area contributed by atoms with E-state index >= 15 is 0 Å². The molecule has 0 aliphatic carbocycles. The topological polar surface area (TPSA) is 67.2 Å². The van der Waals surface area contributed by atoms with Gasteiger partial charge in [0.1, 0.15) is 5.69 Å². The lowest BCUT2D eigenvalue weighted by atomic mass is 10.1. The summed E-state index contributed by atoms with van der Waals surface area (Å²) >= 11 is 0. The molecule has 3 heterocycles. The fourth-order valence-corrected chi connectivity index (χ4v) is 3.34. The van der Waals surface area contributed by atoms with Crippen LogP contribution in [0.3, 0.4) is 0 Å². The zero-order valence-corrected chi connectivity index (χ0v) is 14.1. The predicted molar refractivity (Wildman–Crippen MR) is 87.5 cm³/mol. The summed E-state index contributed by atoms with van der Waals surface area (Å²) in [6.45, 7) is 6.41. The van der Waals surface area contributed by atoms with E-state index in [0.29, 0.717) is 11.5 Å². The minimum Gasteiger partial charge on any atom is -0.348 e. The Labute approximate surface area is 137 Å². The Kier molecular flexibility index (Phi) is 4.68. The summed E-state index contributed by atoms with van der Waals surface area (Å²) in [5.74, 6) is 0.287. The molecule has 2 aliphatic rings. The Bertz CT molecular complexity index is 602. The number of rotatable bonds is 4. The van der Waals surface area contributed by atoms with Crippen molar-refractivity contribution in [1.82, 2.24) is 19.8 Å². The van der Waals surface area contributed by atoms with Gasteiger partial charge in [-0.1, -0.05) is 6.92 Å². The van der Waals surface area contributed by atoms with Crippen LogP contribution in [-0.2, 0) is 13.0 Å². The van der Waals surface area contributed by atoms with Crippen LogP contribution in [0.15, 0.2) is 0 Å². The first-order valence-corrected chi connectivity index (χ1v) is 8.81. The van der Waals surface area contributed by atoms with Gasteiger partial charge in [0.05, 0.1) is 5.69 Å². The second-order valence-electron chi connectivity index (χ2n) is 6.62. The van der Waals surface area contributed by atoms with Gasteiger partial charge in [0.15, 0.2) is 5.82 Å². The largest absolute Gasteiger partial charge is 0.348 e. The first-order chi connectivity index (χ1) is 11.1.